The number of hydrogen-bond donors (Lipinski definition) is 1. The zero-order chi connectivity index (χ0) is 28.7. The van der Waals surface area contributed by atoms with Crippen molar-refractivity contribution in [1.29, 1.82) is 0 Å². The van der Waals surface area contributed by atoms with Gasteiger partial charge in [0.2, 0.25) is 17.7 Å². The Morgan fingerprint density at radius 2 is 1.80 bits per heavy atom. The van der Waals surface area contributed by atoms with E-state index in [2.05, 4.69) is 20.1 Å². The number of rotatable bonds is 16. The van der Waals surface area contributed by atoms with Crippen molar-refractivity contribution in [2.75, 3.05) is 32.8 Å². The zero-order valence-corrected chi connectivity index (χ0v) is 23.9. The van der Waals surface area contributed by atoms with Crippen LogP contribution in [0.3, 0.4) is 0 Å². The first kappa shape index (κ1) is 30.0. The number of ether oxygens (including phenoxy) is 1. The van der Waals surface area contributed by atoms with Gasteiger partial charge in [0.1, 0.15) is 11.6 Å². The van der Waals surface area contributed by atoms with Gasteiger partial charge in [-0.25, -0.2) is 0 Å². The van der Waals surface area contributed by atoms with Crippen LogP contribution in [0.1, 0.15) is 57.4 Å². The van der Waals surface area contributed by atoms with E-state index in [9.17, 15) is 19.5 Å². The first-order chi connectivity index (χ1) is 19.4. The summed E-state index contributed by atoms with van der Waals surface area (Å²) >= 11 is 0. The number of benzene rings is 1. The lowest BCUT2D eigenvalue weighted by Gasteiger charge is -2.37. The SMILES string of the molecule is C=CCN(CCCCC)C(=O)C1N(CCCCO)C(=O)[C@@H]2[C@H](C(=O)N(CC=C)Cc3ccccc3)[C@@H]3CCC12O3. The van der Waals surface area contributed by atoms with E-state index in [0.717, 1.165) is 24.8 Å². The summed E-state index contributed by atoms with van der Waals surface area (Å²) in [5.41, 5.74) is -0.0186. The van der Waals surface area contributed by atoms with Gasteiger partial charge in [0.25, 0.3) is 0 Å². The van der Waals surface area contributed by atoms with Crippen LogP contribution >= 0.6 is 0 Å². The number of carbonyl (C=O) groups is 3. The molecule has 40 heavy (non-hydrogen) atoms. The molecule has 3 aliphatic heterocycles. The fourth-order valence-corrected chi connectivity index (χ4v) is 6.92. The van der Waals surface area contributed by atoms with Gasteiger partial charge in [0, 0.05) is 39.3 Å². The highest BCUT2D eigenvalue weighted by molar-refractivity contribution is 5.99. The maximum atomic E-state index is 14.2. The number of likely N-dealkylation sites (tertiary alicyclic amines) is 1. The van der Waals surface area contributed by atoms with Crippen LogP contribution in [0.15, 0.2) is 55.6 Å². The van der Waals surface area contributed by atoms with Crippen LogP contribution in [0, 0.1) is 11.8 Å². The molecule has 2 bridgehead atoms. The fourth-order valence-electron chi connectivity index (χ4n) is 6.92. The van der Waals surface area contributed by atoms with E-state index in [1.807, 2.05) is 30.3 Å². The first-order valence-electron chi connectivity index (χ1n) is 14.9. The summed E-state index contributed by atoms with van der Waals surface area (Å²) in [5, 5.41) is 9.40. The van der Waals surface area contributed by atoms with Gasteiger partial charge in [0.15, 0.2) is 0 Å². The summed E-state index contributed by atoms with van der Waals surface area (Å²) in [6.07, 6.45) is 8.27. The summed E-state index contributed by atoms with van der Waals surface area (Å²) in [7, 11) is 0. The van der Waals surface area contributed by atoms with E-state index in [0.29, 0.717) is 58.4 Å². The van der Waals surface area contributed by atoms with Crippen molar-refractivity contribution < 1.29 is 24.2 Å². The van der Waals surface area contributed by atoms with Crippen molar-refractivity contribution in [2.24, 2.45) is 11.8 Å². The maximum Gasteiger partial charge on any atom is 0.248 e. The Balaban J connectivity index is 1.66. The molecule has 2 unspecified atom stereocenters. The summed E-state index contributed by atoms with van der Waals surface area (Å²) in [6, 6.07) is 9.00. The topological polar surface area (TPSA) is 90.4 Å². The molecule has 0 aliphatic carbocycles. The Kier molecular flexibility index (Phi) is 10.2. The minimum absolute atomic E-state index is 0.0184. The molecule has 3 heterocycles. The Labute approximate surface area is 238 Å². The number of unbranched alkanes of at least 4 members (excludes halogenated alkanes) is 3. The van der Waals surface area contributed by atoms with Gasteiger partial charge in [-0.2, -0.15) is 0 Å². The third-order valence-corrected chi connectivity index (χ3v) is 8.70. The zero-order valence-electron chi connectivity index (χ0n) is 23.9. The molecule has 0 aromatic heterocycles. The first-order valence-corrected chi connectivity index (χ1v) is 14.9. The summed E-state index contributed by atoms with van der Waals surface area (Å²) in [6.45, 7) is 12.0. The molecule has 1 aromatic rings. The van der Waals surface area contributed by atoms with Crippen LogP contribution in [0.4, 0.5) is 0 Å². The molecule has 5 atom stereocenters. The Hall–Kier alpha value is -2.97. The van der Waals surface area contributed by atoms with E-state index >= 15 is 0 Å². The monoisotopic (exact) mass is 551 g/mol. The number of aliphatic hydroxyl groups is 1. The van der Waals surface area contributed by atoms with Gasteiger partial charge < -0.3 is 24.5 Å². The van der Waals surface area contributed by atoms with Gasteiger partial charge in [0.05, 0.1) is 17.9 Å². The highest BCUT2D eigenvalue weighted by atomic mass is 16.5. The predicted molar refractivity (Wildman–Crippen MR) is 154 cm³/mol. The van der Waals surface area contributed by atoms with E-state index in [-0.39, 0.29) is 24.3 Å². The number of fused-ring (bicyclic) bond motifs is 1. The average Bonchev–Trinajstić information content (AvgIpc) is 3.60. The minimum Gasteiger partial charge on any atom is -0.396 e. The molecule has 1 aromatic carbocycles. The Morgan fingerprint density at radius 1 is 1.07 bits per heavy atom. The second-order valence-corrected chi connectivity index (χ2v) is 11.3. The van der Waals surface area contributed by atoms with Crippen LogP contribution in [-0.2, 0) is 25.7 Å². The number of amides is 3. The Morgan fingerprint density at radius 3 is 2.48 bits per heavy atom. The van der Waals surface area contributed by atoms with Gasteiger partial charge >= 0.3 is 0 Å². The van der Waals surface area contributed by atoms with Crippen molar-refractivity contribution in [1.82, 2.24) is 14.7 Å². The van der Waals surface area contributed by atoms with Crippen molar-refractivity contribution in [3.05, 3.63) is 61.2 Å². The minimum atomic E-state index is -1.02. The molecule has 3 aliphatic rings. The Bertz CT molecular complexity index is 1060. The van der Waals surface area contributed by atoms with Gasteiger partial charge in [-0.3, -0.25) is 14.4 Å². The second kappa shape index (κ2) is 13.6. The third kappa shape index (κ3) is 5.75. The quantitative estimate of drug-likeness (QED) is 0.251. The summed E-state index contributed by atoms with van der Waals surface area (Å²) in [5.74, 6) is -1.77. The molecule has 3 amide bonds. The van der Waals surface area contributed by atoms with E-state index in [4.69, 9.17) is 4.74 Å². The molecule has 8 nitrogen and oxygen atoms in total. The van der Waals surface area contributed by atoms with Crippen molar-refractivity contribution in [3.8, 4) is 0 Å². The number of hydrogen-bond acceptors (Lipinski definition) is 5. The number of nitrogens with zero attached hydrogens (tertiary/aromatic N) is 3. The van der Waals surface area contributed by atoms with Crippen LogP contribution in [0.5, 0.6) is 0 Å². The standard InChI is InChI=1S/C32H45N3O5/c1-4-7-11-20-33(18-5-2)31(39)28-32-17-16-25(40-32)26(27(32)30(38)35(28)21-12-13-22-36)29(37)34(19-6-3)23-24-14-9-8-10-15-24/h5-6,8-10,14-15,25-28,36H,2-4,7,11-13,16-23H2,1H3/t25-,26+,27-,28?,32?/m0/s1. The summed E-state index contributed by atoms with van der Waals surface area (Å²) < 4.78 is 6.63. The van der Waals surface area contributed by atoms with Crippen molar-refractivity contribution in [2.45, 2.75) is 76.2 Å². The van der Waals surface area contributed by atoms with Gasteiger partial charge in [-0.05, 0) is 37.7 Å². The molecule has 0 saturated carbocycles. The number of carbonyl (C=O) groups excluding carboxylic acids is 3. The van der Waals surface area contributed by atoms with Crippen LogP contribution in [0.2, 0.25) is 0 Å². The lowest BCUT2D eigenvalue weighted by atomic mass is 9.70. The molecule has 1 N–H and O–H groups in total. The lowest BCUT2D eigenvalue weighted by Crippen LogP contribution is -2.56. The van der Waals surface area contributed by atoms with Gasteiger partial charge in [-0.15, -0.1) is 13.2 Å². The molecular weight excluding hydrogens is 506 g/mol. The molecule has 218 valence electrons. The molecule has 3 saturated heterocycles. The smallest absolute Gasteiger partial charge is 0.248 e. The molecule has 0 radical (unpaired) electrons. The van der Waals surface area contributed by atoms with Crippen molar-refractivity contribution in [3.63, 3.8) is 0 Å². The largest absolute Gasteiger partial charge is 0.396 e. The number of aliphatic hydroxyl groups excluding tert-OH is 1. The van der Waals surface area contributed by atoms with E-state index in [1.54, 1.807) is 26.9 Å². The van der Waals surface area contributed by atoms with Gasteiger partial charge in [-0.1, -0.05) is 62.2 Å². The summed E-state index contributed by atoms with van der Waals surface area (Å²) in [4.78, 5) is 47.8. The second-order valence-electron chi connectivity index (χ2n) is 11.3. The van der Waals surface area contributed by atoms with E-state index < -0.39 is 29.6 Å². The fraction of sp³-hybridized carbons (Fsp3) is 0.594. The van der Waals surface area contributed by atoms with Crippen LogP contribution in [-0.4, -0.2) is 88.1 Å². The molecule has 3 fully saturated rings. The van der Waals surface area contributed by atoms with Crippen LogP contribution in [0.25, 0.3) is 0 Å². The lowest BCUT2D eigenvalue weighted by molar-refractivity contribution is -0.149. The van der Waals surface area contributed by atoms with Crippen LogP contribution < -0.4 is 0 Å². The van der Waals surface area contributed by atoms with E-state index in [1.165, 1.54) is 0 Å². The molecule has 1 spiro atoms. The predicted octanol–water partition coefficient (Wildman–Crippen LogP) is 3.55. The highest BCUT2D eigenvalue weighted by Gasteiger charge is 2.74. The molecular formula is C32H45N3O5. The molecule has 8 heteroatoms. The normalized spacial score (nSPS) is 26.6. The maximum absolute atomic E-state index is 14.2. The average molecular weight is 552 g/mol. The molecule has 4 rings (SSSR count). The van der Waals surface area contributed by atoms with Crippen molar-refractivity contribution >= 4 is 17.7 Å². The third-order valence-electron chi connectivity index (χ3n) is 8.70. The highest BCUT2D eigenvalue weighted by Crippen LogP contribution is 2.59.